The molecule has 0 spiro atoms. The van der Waals surface area contributed by atoms with Crippen molar-refractivity contribution in [3.63, 3.8) is 0 Å². The van der Waals surface area contributed by atoms with Gasteiger partial charge < -0.3 is 15.2 Å². The number of benzene rings is 2. The van der Waals surface area contributed by atoms with Crippen molar-refractivity contribution < 1.29 is 9.84 Å². The molecule has 1 aromatic heterocycles. The summed E-state index contributed by atoms with van der Waals surface area (Å²) in [6, 6.07) is 16.0. The standard InChI is InChI=1S/C19H20N2O2S/c1-14(16-5-2-4-15(8-16)10-22)21-17-6-3-7-19(9-17)23-11-18-12-24-13-20-18/h2-9,12-14,21-22H,10-11H2,1H3. The van der Waals surface area contributed by atoms with Gasteiger partial charge in [0.05, 0.1) is 17.8 Å². The van der Waals surface area contributed by atoms with Crippen molar-refractivity contribution in [1.82, 2.24) is 4.98 Å². The van der Waals surface area contributed by atoms with E-state index in [2.05, 4.69) is 23.3 Å². The number of ether oxygens (including phenoxy) is 1. The second-order valence-corrected chi connectivity index (χ2v) is 6.28. The summed E-state index contributed by atoms with van der Waals surface area (Å²) in [7, 11) is 0. The topological polar surface area (TPSA) is 54.4 Å². The van der Waals surface area contributed by atoms with Gasteiger partial charge in [-0.1, -0.05) is 30.3 Å². The minimum Gasteiger partial charge on any atom is -0.487 e. The SMILES string of the molecule is CC(Nc1cccc(OCc2cscn2)c1)c1cccc(CO)c1. The van der Waals surface area contributed by atoms with Crippen molar-refractivity contribution in [2.45, 2.75) is 26.2 Å². The molecule has 0 bridgehead atoms. The van der Waals surface area contributed by atoms with Gasteiger partial charge in [-0.05, 0) is 30.2 Å². The zero-order valence-corrected chi connectivity index (χ0v) is 14.3. The van der Waals surface area contributed by atoms with Gasteiger partial charge in [0.2, 0.25) is 0 Å². The van der Waals surface area contributed by atoms with E-state index in [1.165, 1.54) is 0 Å². The van der Waals surface area contributed by atoms with Crippen LogP contribution >= 0.6 is 11.3 Å². The second kappa shape index (κ2) is 7.95. The second-order valence-electron chi connectivity index (χ2n) is 5.57. The summed E-state index contributed by atoms with van der Waals surface area (Å²) in [4.78, 5) is 4.22. The molecule has 1 unspecified atom stereocenters. The van der Waals surface area contributed by atoms with Gasteiger partial charge in [0.1, 0.15) is 12.4 Å². The minimum atomic E-state index is 0.0561. The molecular weight excluding hydrogens is 320 g/mol. The molecule has 3 aromatic rings. The normalized spacial score (nSPS) is 11.9. The van der Waals surface area contributed by atoms with Crippen LogP contribution in [0.2, 0.25) is 0 Å². The summed E-state index contributed by atoms with van der Waals surface area (Å²) in [6.45, 7) is 2.63. The van der Waals surface area contributed by atoms with Crippen molar-refractivity contribution in [1.29, 1.82) is 0 Å². The number of thiazole rings is 1. The quantitative estimate of drug-likeness (QED) is 0.670. The molecule has 0 saturated heterocycles. The Morgan fingerprint density at radius 3 is 2.88 bits per heavy atom. The fourth-order valence-electron chi connectivity index (χ4n) is 2.44. The lowest BCUT2D eigenvalue weighted by atomic mass is 10.1. The lowest BCUT2D eigenvalue weighted by molar-refractivity contribution is 0.281. The van der Waals surface area contributed by atoms with Crippen molar-refractivity contribution in [2.24, 2.45) is 0 Å². The zero-order chi connectivity index (χ0) is 16.8. The number of nitrogens with one attached hydrogen (secondary N) is 1. The molecule has 2 N–H and O–H groups in total. The molecule has 24 heavy (non-hydrogen) atoms. The summed E-state index contributed by atoms with van der Waals surface area (Å²) in [5.41, 5.74) is 5.79. The molecule has 5 heteroatoms. The smallest absolute Gasteiger partial charge is 0.131 e. The Labute approximate surface area is 145 Å². The number of nitrogens with zero attached hydrogens (tertiary/aromatic N) is 1. The predicted octanol–water partition coefficient (Wildman–Crippen LogP) is 4.39. The van der Waals surface area contributed by atoms with Crippen LogP contribution in [0.1, 0.15) is 29.8 Å². The monoisotopic (exact) mass is 340 g/mol. The third kappa shape index (κ3) is 4.34. The van der Waals surface area contributed by atoms with Crippen molar-refractivity contribution in [3.05, 3.63) is 76.2 Å². The molecule has 1 atom stereocenters. The van der Waals surface area contributed by atoms with Crippen LogP contribution in [0.25, 0.3) is 0 Å². The van der Waals surface area contributed by atoms with Crippen LogP contribution < -0.4 is 10.1 Å². The molecule has 0 amide bonds. The summed E-state index contributed by atoms with van der Waals surface area (Å²) >= 11 is 1.57. The molecule has 2 aromatic carbocycles. The minimum absolute atomic E-state index is 0.0561. The van der Waals surface area contributed by atoms with E-state index < -0.39 is 0 Å². The number of anilines is 1. The maximum absolute atomic E-state index is 9.27. The van der Waals surface area contributed by atoms with Crippen LogP contribution in [-0.4, -0.2) is 10.1 Å². The maximum atomic E-state index is 9.27. The van der Waals surface area contributed by atoms with Crippen LogP contribution in [0.15, 0.2) is 59.4 Å². The van der Waals surface area contributed by atoms with E-state index in [0.717, 1.165) is 28.3 Å². The van der Waals surface area contributed by atoms with Crippen molar-refractivity contribution in [3.8, 4) is 5.75 Å². The van der Waals surface area contributed by atoms with Crippen LogP contribution in [0.3, 0.4) is 0 Å². The summed E-state index contributed by atoms with van der Waals surface area (Å²) in [5.74, 6) is 0.810. The fourth-order valence-corrected chi connectivity index (χ4v) is 2.98. The highest BCUT2D eigenvalue weighted by molar-refractivity contribution is 7.07. The number of aliphatic hydroxyl groups excluding tert-OH is 1. The van der Waals surface area contributed by atoms with Gasteiger partial charge in [0.15, 0.2) is 0 Å². The van der Waals surface area contributed by atoms with Crippen LogP contribution in [0.5, 0.6) is 5.75 Å². The van der Waals surface area contributed by atoms with E-state index in [4.69, 9.17) is 4.74 Å². The summed E-state index contributed by atoms with van der Waals surface area (Å²) < 4.78 is 5.79. The van der Waals surface area contributed by atoms with Crippen LogP contribution in [-0.2, 0) is 13.2 Å². The van der Waals surface area contributed by atoms with Crippen molar-refractivity contribution in [2.75, 3.05) is 5.32 Å². The number of aromatic nitrogens is 1. The van der Waals surface area contributed by atoms with E-state index in [1.807, 2.05) is 47.8 Å². The van der Waals surface area contributed by atoms with Gasteiger partial charge in [-0.3, -0.25) is 0 Å². The highest BCUT2D eigenvalue weighted by atomic mass is 32.1. The molecule has 0 aliphatic rings. The Kier molecular flexibility index (Phi) is 5.46. The average molecular weight is 340 g/mol. The molecule has 0 fully saturated rings. The number of aliphatic hydroxyl groups is 1. The summed E-state index contributed by atoms with van der Waals surface area (Å²) in [6.07, 6.45) is 0. The number of hydrogen-bond donors (Lipinski definition) is 2. The lowest BCUT2D eigenvalue weighted by Gasteiger charge is -2.17. The molecule has 0 aliphatic heterocycles. The van der Waals surface area contributed by atoms with Crippen molar-refractivity contribution >= 4 is 17.0 Å². The zero-order valence-electron chi connectivity index (χ0n) is 13.5. The fraction of sp³-hybridized carbons (Fsp3) is 0.211. The third-order valence-electron chi connectivity index (χ3n) is 3.72. The molecule has 4 nitrogen and oxygen atoms in total. The van der Waals surface area contributed by atoms with E-state index in [1.54, 1.807) is 16.8 Å². The first-order valence-corrected chi connectivity index (χ1v) is 8.75. The highest BCUT2D eigenvalue weighted by Crippen LogP contribution is 2.24. The van der Waals surface area contributed by atoms with Gasteiger partial charge in [-0.2, -0.15) is 0 Å². The summed E-state index contributed by atoms with van der Waals surface area (Å²) in [5, 5.41) is 14.7. The number of hydrogen-bond acceptors (Lipinski definition) is 5. The van der Waals surface area contributed by atoms with Crippen LogP contribution in [0.4, 0.5) is 5.69 Å². The molecule has 3 rings (SSSR count). The largest absolute Gasteiger partial charge is 0.487 e. The van der Waals surface area contributed by atoms with E-state index in [0.29, 0.717) is 6.61 Å². The van der Waals surface area contributed by atoms with E-state index in [9.17, 15) is 5.11 Å². The van der Waals surface area contributed by atoms with Gasteiger partial charge in [0.25, 0.3) is 0 Å². The first-order chi connectivity index (χ1) is 11.7. The molecule has 0 aliphatic carbocycles. The first kappa shape index (κ1) is 16.5. The Bertz CT molecular complexity index is 775. The first-order valence-electron chi connectivity index (χ1n) is 7.81. The molecule has 124 valence electrons. The van der Waals surface area contributed by atoms with E-state index in [-0.39, 0.29) is 12.6 Å². The molecule has 1 heterocycles. The number of rotatable bonds is 7. The van der Waals surface area contributed by atoms with Gasteiger partial charge >= 0.3 is 0 Å². The Balaban J connectivity index is 1.65. The highest BCUT2D eigenvalue weighted by Gasteiger charge is 2.07. The Morgan fingerprint density at radius 2 is 2.08 bits per heavy atom. The third-order valence-corrected chi connectivity index (χ3v) is 4.36. The molecule has 0 saturated carbocycles. The van der Waals surface area contributed by atoms with Crippen LogP contribution in [0, 0.1) is 0 Å². The van der Waals surface area contributed by atoms with Gasteiger partial charge in [0, 0.05) is 23.2 Å². The van der Waals surface area contributed by atoms with Gasteiger partial charge in [-0.25, -0.2) is 4.98 Å². The van der Waals surface area contributed by atoms with Gasteiger partial charge in [-0.15, -0.1) is 11.3 Å². The Hall–Kier alpha value is -2.37. The van der Waals surface area contributed by atoms with E-state index >= 15 is 0 Å². The Morgan fingerprint density at radius 1 is 1.21 bits per heavy atom. The molecular formula is C19H20N2O2S. The maximum Gasteiger partial charge on any atom is 0.131 e. The lowest BCUT2D eigenvalue weighted by Crippen LogP contribution is -2.07. The molecule has 0 radical (unpaired) electrons. The predicted molar refractivity (Wildman–Crippen MR) is 97.3 cm³/mol. The average Bonchev–Trinajstić information content (AvgIpc) is 3.14.